The molecule has 1 radical (unpaired) electrons. The van der Waals surface area contributed by atoms with Crippen LogP contribution in [-0.2, 0) is 4.79 Å². The summed E-state index contributed by atoms with van der Waals surface area (Å²) in [6.45, 7) is 1.79. The standard InChI is InChI=1S/C8H10N3O/c12-7-1-2-9-5-6(7)8-10-3-4-11-8/h2,8,10-11H,1,3-4H2. The smallest absolute Gasteiger partial charge is 0.169 e. The van der Waals surface area contributed by atoms with Gasteiger partial charge in [-0.15, -0.1) is 0 Å². The number of carbonyl (C=O) groups is 1. The van der Waals surface area contributed by atoms with Gasteiger partial charge in [-0.25, -0.2) is 0 Å². The summed E-state index contributed by atoms with van der Waals surface area (Å²) in [6.07, 6.45) is 4.68. The molecule has 1 fully saturated rings. The van der Waals surface area contributed by atoms with Crippen LogP contribution in [0.2, 0.25) is 0 Å². The van der Waals surface area contributed by atoms with Gasteiger partial charge in [0.25, 0.3) is 0 Å². The molecule has 0 unspecified atom stereocenters. The van der Waals surface area contributed by atoms with E-state index < -0.39 is 0 Å². The van der Waals surface area contributed by atoms with Crippen molar-refractivity contribution >= 4 is 12.0 Å². The molecule has 12 heavy (non-hydrogen) atoms. The maximum Gasteiger partial charge on any atom is 0.169 e. The third-order valence-corrected chi connectivity index (χ3v) is 1.96. The van der Waals surface area contributed by atoms with Crippen molar-refractivity contribution in [3.8, 4) is 0 Å². The first-order valence-corrected chi connectivity index (χ1v) is 4.02. The van der Waals surface area contributed by atoms with Crippen LogP contribution in [0.5, 0.6) is 0 Å². The van der Waals surface area contributed by atoms with Crippen molar-refractivity contribution in [3.05, 3.63) is 11.8 Å². The minimum absolute atomic E-state index is 0.0325. The first-order valence-electron chi connectivity index (χ1n) is 4.02. The van der Waals surface area contributed by atoms with Crippen LogP contribution >= 0.6 is 0 Å². The number of ketones is 1. The Morgan fingerprint density at radius 3 is 2.92 bits per heavy atom. The average Bonchev–Trinajstić information content (AvgIpc) is 2.57. The van der Waals surface area contributed by atoms with Gasteiger partial charge < -0.3 is 0 Å². The van der Waals surface area contributed by atoms with E-state index in [9.17, 15) is 4.79 Å². The Kier molecular flexibility index (Phi) is 2.01. The third kappa shape index (κ3) is 1.31. The number of rotatable bonds is 1. The molecule has 63 valence electrons. The molecule has 0 saturated carbocycles. The summed E-state index contributed by atoms with van der Waals surface area (Å²) in [5, 5.41) is 6.30. The molecule has 2 rings (SSSR count). The third-order valence-electron chi connectivity index (χ3n) is 1.96. The average molecular weight is 164 g/mol. The second-order valence-electron chi connectivity index (χ2n) is 2.81. The van der Waals surface area contributed by atoms with Gasteiger partial charge >= 0.3 is 0 Å². The van der Waals surface area contributed by atoms with Crippen molar-refractivity contribution in [3.63, 3.8) is 0 Å². The van der Waals surface area contributed by atoms with Crippen LogP contribution in [0.25, 0.3) is 0 Å². The molecule has 2 N–H and O–H groups in total. The van der Waals surface area contributed by atoms with E-state index in [2.05, 4.69) is 21.8 Å². The van der Waals surface area contributed by atoms with Crippen molar-refractivity contribution < 1.29 is 4.79 Å². The fourth-order valence-electron chi connectivity index (χ4n) is 1.35. The summed E-state index contributed by atoms with van der Waals surface area (Å²) in [7, 11) is 0. The van der Waals surface area contributed by atoms with Gasteiger partial charge in [0.15, 0.2) is 5.78 Å². The zero-order chi connectivity index (χ0) is 8.39. The lowest BCUT2D eigenvalue weighted by atomic mass is 10.1. The highest BCUT2D eigenvalue weighted by atomic mass is 16.1. The second-order valence-corrected chi connectivity index (χ2v) is 2.81. The lowest BCUT2D eigenvalue weighted by Gasteiger charge is -2.14. The minimum atomic E-state index is -0.0325. The molecule has 2 aliphatic rings. The normalized spacial score (nSPS) is 24.7. The van der Waals surface area contributed by atoms with Crippen molar-refractivity contribution in [2.24, 2.45) is 4.99 Å². The van der Waals surface area contributed by atoms with E-state index in [0.29, 0.717) is 12.0 Å². The zero-order valence-electron chi connectivity index (χ0n) is 6.63. The molecule has 2 heterocycles. The first-order chi connectivity index (χ1) is 5.88. The van der Waals surface area contributed by atoms with Gasteiger partial charge in [-0.2, -0.15) is 0 Å². The Morgan fingerprint density at radius 2 is 2.25 bits per heavy atom. The van der Waals surface area contributed by atoms with Crippen LogP contribution in [-0.4, -0.2) is 31.3 Å². The Morgan fingerprint density at radius 1 is 1.50 bits per heavy atom. The number of hydrogen-bond acceptors (Lipinski definition) is 4. The molecule has 0 spiro atoms. The van der Waals surface area contributed by atoms with Crippen molar-refractivity contribution in [2.45, 2.75) is 12.6 Å². The molecule has 0 aromatic carbocycles. The quantitative estimate of drug-likeness (QED) is 0.535. The maximum absolute atomic E-state index is 11.3. The van der Waals surface area contributed by atoms with E-state index >= 15 is 0 Å². The van der Waals surface area contributed by atoms with Crippen LogP contribution in [0.3, 0.4) is 0 Å². The van der Waals surface area contributed by atoms with E-state index in [1.165, 1.54) is 0 Å². The summed E-state index contributed by atoms with van der Waals surface area (Å²) in [6, 6.07) is 0. The zero-order valence-corrected chi connectivity index (χ0v) is 6.63. The topological polar surface area (TPSA) is 53.5 Å². The SMILES string of the molecule is O=C1CC=N[C]=C1C1NCCN1. The number of carbonyl (C=O) groups excluding carboxylic acids is 1. The van der Waals surface area contributed by atoms with Crippen LogP contribution in [0.15, 0.2) is 10.6 Å². The van der Waals surface area contributed by atoms with Gasteiger partial charge in [-0.3, -0.25) is 20.4 Å². The highest BCUT2D eigenvalue weighted by molar-refractivity contribution is 6.05. The Labute approximate surface area is 70.7 Å². The largest absolute Gasteiger partial charge is 0.297 e. The monoisotopic (exact) mass is 164 g/mol. The summed E-state index contributed by atoms with van der Waals surface area (Å²) < 4.78 is 0. The second kappa shape index (κ2) is 3.16. The van der Waals surface area contributed by atoms with Gasteiger partial charge in [0, 0.05) is 25.7 Å². The Balaban J connectivity index is 2.14. The predicted molar refractivity (Wildman–Crippen MR) is 44.7 cm³/mol. The number of hydrogen-bond donors (Lipinski definition) is 2. The summed E-state index contributed by atoms with van der Waals surface area (Å²) in [4.78, 5) is 15.2. The van der Waals surface area contributed by atoms with E-state index in [4.69, 9.17) is 0 Å². The Hall–Kier alpha value is -1.00. The van der Waals surface area contributed by atoms with Crippen molar-refractivity contribution in [1.82, 2.24) is 10.6 Å². The highest BCUT2D eigenvalue weighted by Crippen LogP contribution is 2.09. The lowest BCUT2D eigenvalue weighted by molar-refractivity contribution is -0.114. The molecule has 0 atom stereocenters. The molecule has 0 aromatic heterocycles. The lowest BCUT2D eigenvalue weighted by Crippen LogP contribution is -2.37. The van der Waals surface area contributed by atoms with Crippen LogP contribution in [0, 0.1) is 6.20 Å². The van der Waals surface area contributed by atoms with Crippen molar-refractivity contribution in [1.29, 1.82) is 0 Å². The number of nitrogens with one attached hydrogen (secondary N) is 2. The molecular weight excluding hydrogens is 154 g/mol. The highest BCUT2D eigenvalue weighted by Gasteiger charge is 2.24. The number of nitrogens with zero attached hydrogens (tertiary/aromatic N) is 1. The van der Waals surface area contributed by atoms with Crippen LogP contribution in [0.1, 0.15) is 6.42 Å². The van der Waals surface area contributed by atoms with Gasteiger partial charge in [-0.05, 0) is 0 Å². The summed E-state index contributed by atoms with van der Waals surface area (Å²) in [5.74, 6) is 0.108. The van der Waals surface area contributed by atoms with Gasteiger partial charge in [-0.1, -0.05) is 0 Å². The number of Topliss-reactive ketones (excluding diaryl/α,β-unsaturated/α-hetero) is 1. The molecule has 1 saturated heterocycles. The molecule has 4 nitrogen and oxygen atoms in total. The van der Waals surface area contributed by atoms with E-state index in [-0.39, 0.29) is 11.9 Å². The molecule has 0 aliphatic carbocycles. The van der Waals surface area contributed by atoms with Crippen LogP contribution < -0.4 is 10.6 Å². The fraction of sp³-hybridized carbons (Fsp3) is 0.500. The summed E-state index contributed by atoms with van der Waals surface area (Å²) >= 11 is 0. The number of aliphatic imine (C=N–C) groups is 1. The molecule has 0 amide bonds. The predicted octanol–water partition coefficient (Wildman–Crippen LogP) is -0.764. The van der Waals surface area contributed by atoms with E-state index in [1.54, 1.807) is 6.21 Å². The van der Waals surface area contributed by atoms with E-state index in [1.807, 2.05) is 0 Å². The minimum Gasteiger partial charge on any atom is -0.297 e. The fourth-order valence-corrected chi connectivity index (χ4v) is 1.35. The van der Waals surface area contributed by atoms with Gasteiger partial charge in [0.2, 0.25) is 0 Å². The Bertz CT molecular complexity index is 251. The molecule has 0 aromatic rings. The van der Waals surface area contributed by atoms with Crippen molar-refractivity contribution in [2.75, 3.05) is 13.1 Å². The molecule has 2 aliphatic heterocycles. The molecular formula is C8H10N3O. The van der Waals surface area contributed by atoms with Gasteiger partial charge in [0.1, 0.15) is 0 Å². The van der Waals surface area contributed by atoms with E-state index in [0.717, 1.165) is 13.1 Å². The first kappa shape index (κ1) is 7.64. The summed E-state index contributed by atoms with van der Waals surface area (Å²) in [5.41, 5.74) is 0.634. The molecule has 4 heteroatoms. The van der Waals surface area contributed by atoms with Crippen LogP contribution in [0.4, 0.5) is 0 Å². The maximum atomic E-state index is 11.3. The van der Waals surface area contributed by atoms with Gasteiger partial charge in [0.05, 0.1) is 17.9 Å². The molecule has 0 bridgehead atoms.